The predicted molar refractivity (Wildman–Crippen MR) is 130 cm³/mol. The first-order chi connectivity index (χ1) is 16.1. The standard InChI is InChI=1S/C26H33NO6S/c1-26(2,25(30)27-15-13-23(28)14-16-27)34(31,32)19-22(21-11-7-4-8-12-21)17-24(29)33-18-20-9-5-3-6-10-20/h3-12,22-23,28H,13-19H2,1-2H3. The number of sulfone groups is 1. The third-order valence-electron chi connectivity index (χ3n) is 6.39. The Labute approximate surface area is 201 Å². The summed E-state index contributed by atoms with van der Waals surface area (Å²) in [4.78, 5) is 27.3. The van der Waals surface area contributed by atoms with Gasteiger partial charge in [0.15, 0.2) is 9.84 Å². The number of esters is 1. The highest BCUT2D eigenvalue weighted by Gasteiger charge is 2.45. The number of amides is 1. The first-order valence-corrected chi connectivity index (χ1v) is 13.2. The van der Waals surface area contributed by atoms with Crippen molar-refractivity contribution in [1.82, 2.24) is 4.90 Å². The van der Waals surface area contributed by atoms with Crippen molar-refractivity contribution in [2.75, 3.05) is 18.8 Å². The van der Waals surface area contributed by atoms with Gasteiger partial charge in [-0.2, -0.15) is 0 Å². The van der Waals surface area contributed by atoms with Crippen molar-refractivity contribution in [1.29, 1.82) is 0 Å². The van der Waals surface area contributed by atoms with Gasteiger partial charge >= 0.3 is 5.97 Å². The molecule has 3 rings (SSSR count). The molecule has 7 nitrogen and oxygen atoms in total. The summed E-state index contributed by atoms with van der Waals surface area (Å²) in [7, 11) is -3.94. The van der Waals surface area contributed by atoms with Crippen molar-refractivity contribution in [2.24, 2.45) is 0 Å². The van der Waals surface area contributed by atoms with Crippen molar-refractivity contribution in [3.8, 4) is 0 Å². The Bertz CT molecular complexity index is 1060. The third-order valence-corrected chi connectivity index (χ3v) is 8.96. The zero-order valence-corrected chi connectivity index (χ0v) is 20.5. The summed E-state index contributed by atoms with van der Waals surface area (Å²) in [5.74, 6) is -1.98. The van der Waals surface area contributed by atoms with Crippen LogP contribution in [0, 0.1) is 0 Å². The molecule has 1 N–H and O–H groups in total. The summed E-state index contributed by atoms with van der Waals surface area (Å²) >= 11 is 0. The second kappa shape index (κ2) is 11.1. The number of rotatable bonds is 9. The Balaban J connectivity index is 1.74. The van der Waals surface area contributed by atoms with Crippen molar-refractivity contribution in [3.05, 3.63) is 71.8 Å². The number of aliphatic hydroxyl groups is 1. The molecule has 2 aromatic carbocycles. The monoisotopic (exact) mass is 487 g/mol. The molecule has 34 heavy (non-hydrogen) atoms. The van der Waals surface area contributed by atoms with Crippen LogP contribution in [0.2, 0.25) is 0 Å². The van der Waals surface area contributed by atoms with Crippen LogP contribution >= 0.6 is 0 Å². The molecule has 0 spiro atoms. The quantitative estimate of drug-likeness (QED) is 0.546. The van der Waals surface area contributed by atoms with E-state index >= 15 is 0 Å². The number of carbonyl (C=O) groups excluding carboxylic acids is 2. The van der Waals surface area contributed by atoms with Crippen molar-refractivity contribution < 1.29 is 27.9 Å². The van der Waals surface area contributed by atoms with Gasteiger partial charge < -0.3 is 14.7 Å². The second-order valence-electron chi connectivity index (χ2n) is 9.27. The molecule has 0 aliphatic carbocycles. The van der Waals surface area contributed by atoms with E-state index < -0.39 is 38.5 Å². The third kappa shape index (κ3) is 6.45. The van der Waals surface area contributed by atoms with Gasteiger partial charge in [0.05, 0.1) is 18.3 Å². The Kier molecular flexibility index (Phi) is 8.49. The molecule has 1 aliphatic heterocycles. The molecule has 1 saturated heterocycles. The fraction of sp³-hybridized carbons (Fsp3) is 0.462. The maximum absolute atomic E-state index is 13.5. The number of likely N-dealkylation sites (tertiary alicyclic amines) is 1. The normalized spacial score (nSPS) is 16.1. The fourth-order valence-corrected chi connectivity index (χ4v) is 5.70. The molecule has 1 atom stereocenters. The second-order valence-corrected chi connectivity index (χ2v) is 11.9. The van der Waals surface area contributed by atoms with Crippen LogP contribution < -0.4 is 0 Å². The molecule has 1 fully saturated rings. The molecular weight excluding hydrogens is 454 g/mol. The number of nitrogens with zero attached hydrogens (tertiary/aromatic N) is 1. The van der Waals surface area contributed by atoms with Gasteiger partial charge in [0.25, 0.3) is 0 Å². The molecule has 1 unspecified atom stereocenters. The molecule has 0 radical (unpaired) electrons. The van der Waals surface area contributed by atoms with Gasteiger partial charge in [-0.15, -0.1) is 0 Å². The number of hydrogen-bond donors (Lipinski definition) is 1. The van der Waals surface area contributed by atoms with Crippen LogP contribution in [-0.4, -0.2) is 60.0 Å². The van der Waals surface area contributed by atoms with E-state index in [-0.39, 0.29) is 18.8 Å². The van der Waals surface area contributed by atoms with Gasteiger partial charge in [-0.3, -0.25) is 9.59 Å². The predicted octanol–water partition coefficient (Wildman–Crippen LogP) is 3.08. The smallest absolute Gasteiger partial charge is 0.306 e. The average molecular weight is 488 g/mol. The Morgan fingerprint density at radius 1 is 1.03 bits per heavy atom. The highest BCUT2D eigenvalue weighted by atomic mass is 32.2. The van der Waals surface area contributed by atoms with Gasteiger partial charge in [0, 0.05) is 19.0 Å². The highest BCUT2D eigenvalue weighted by molar-refractivity contribution is 7.93. The number of benzene rings is 2. The molecular formula is C26H33NO6S. The van der Waals surface area contributed by atoms with E-state index in [9.17, 15) is 23.1 Å². The minimum atomic E-state index is -3.94. The molecule has 184 valence electrons. The maximum Gasteiger partial charge on any atom is 0.306 e. The van der Waals surface area contributed by atoms with Gasteiger partial charge in [-0.05, 0) is 37.8 Å². The lowest BCUT2D eigenvalue weighted by Gasteiger charge is -2.36. The molecule has 0 bridgehead atoms. The zero-order valence-electron chi connectivity index (χ0n) is 19.7. The van der Waals surface area contributed by atoms with Crippen molar-refractivity contribution in [3.63, 3.8) is 0 Å². The number of ether oxygens (including phenoxy) is 1. The largest absolute Gasteiger partial charge is 0.461 e. The van der Waals surface area contributed by atoms with E-state index in [2.05, 4.69) is 0 Å². The van der Waals surface area contributed by atoms with E-state index in [1.807, 2.05) is 36.4 Å². The van der Waals surface area contributed by atoms with E-state index in [0.29, 0.717) is 31.5 Å². The molecule has 1 heterocycles. The fourth-order valence-electron chi connectivity index (χ4n) is 4.05. The summed E-state index contributed by atoms with van der Waals surface area (Å²) in [6, 6.07) is 18.2. The molecule has 8 heteroatoms. The van der Waals surface area contributed by atoms with Crippen LogP contribution in [-0.2, 0) is 30.8 Å². The number of hydrogen-bond acceptors (Lipinski definition) is 6. The van der Waals surface area contributed by atoms with Gasteiger partial charge in [0.1, 0.15) is 11.4 Å². The van der Waals surface area contributed by atoms with Gasteiger partial charge in [0.2, 0.25) is 5.91 Å². The van der Waals surface area contributed by atoms with E-state index in [1.54, 1.807) is 24.3 Å². The highest BCUT2D eigenvalue weighted by Crippen LogP contribution is 2.30. The number of aliphatic hydroxyl groups excluding tert-OH is 1. The zero-order chi connectivity index (χ0) is 24.8. The van der Waals surface area contributed by atoms with Crippen LogP contribution in [0.1, 0.15) is 50.2 Å². The van der Waals surface area contributed by atoms with Crippen LogP contribution in [0.25, 0.3) is 0 Å². The van der Waals surface area contributed by atoms with Crippen LogP contribution in [0.5, 0.6) is 0 Å². The van der Waals surface area contributed by atoms with Crippen LogP contribution in [0.15, 0.2) is 60.7 Å². The Morgan fingerprint density at radius 2 is 1.59 bits per heavy atom. The SMILES string of the molecule is CC(C)(C(=O)N1CCC(O)CC1)S(=O)(=O)CC(CC(=O)OCc1ccccc1)c1ccccc1. The minimum absolute atomic E-state index is 0.110. The Hall–Kier alpha value is -2.71. The van der Waals surface area contributed by atoms with Crippen molar-refractivity contribution >= 4 is 21.7 Å². The first-order valence-electron chi connectivity index (χ1n) is 11.5. The molecule has 0 aromatic heterocycles. The molecule has 2 aromatic rings. The summed E-state index contributed by atoms with van der Waals surface area (Å²) in [5, 5.41) is 9.72. The van der Waals surface area contributed by atoms with Crippen LogP contribution in [0.3, 0.4) is 0 Å². The van der Waals surface area contributed by atoms with E-state index in [1.165, 1.54) is 18.7 Å². The minimum Gasteiger partial charge on any atom is -0.461 e. The average Bonchev–Trinajstić information content (AvgIpc) is 2.83. The summed E-state index contributed by atoms with van der Waals surface area (Å²) in [5.41, 5.74) is 1.55. The van der Waals surface area contributed by atoms with Gasteiger partial charge in [-0.1, -0.05) is 60.7 Å². The van der Waals surface area contributed by atoms with E-state index in [0.717, 1.165) is 5.56 Å². The maximum atomic E-state index is 13.5. The summed E-state index contributed by atoms with van der Waals surface area (Å²) < 4.78 is 30.7. The molecule has 1 aliphatic rings. The lowest BCUT2D eigenvalue weighted by molar-refractivity contribution is -0.145. The summed E-state index contributed by atoms with van der Waals surface area (Å²) in [6.45, 7) is 3.61. The van der Waals surface area contributed by atoms with Crippen LogP contribution in [0.4, 0.5) is 0 Å². The molecule has 1 amide bonds. The first kappa shape index (κ1) is 25.9. The van der Waals surface area contributed by atoms with Gasteiger partial charge in [-0.25, -0.2) is 8.42 Å². The lowest BCUT2D eigenvalue weighted by atomic mass is 9.98. The summed E-state index contributed by atoms with van der Waals surface area (Å²) in [6.07, 6.45) is 0.285. The molecule has 0 saturated carbocycles. The number of carbonyl (C=O) groups is 2. The lowest BCUT2D eigenvalue weighted by Crippen LogP contribution is -2.53. The topological polar surface area (TPSA) is 101 Å². The van der Waals surface area contributed by atoms with E-state index in [4.69, 9.17) is 4.74 Å². The Morgan fingerprint density at radius 3 is 2.18 bits per heavy atom. The number of piperidine rings is 1. The van der Waals surface area contributed by atoms with Crippen molar-refractivity contribution in [2.45, 2.75) is 56.5 Å².